The van der Waals surface area contributed by atoms with Crippen LogP contribution in [0.2, 0.25) is 0 Å². The molecule has 0 radical (unpaired) electrons. The van der Waals surface area contributed by atoms with E-state index >= 15 is 0 Å². The summed E-state index contributed by atoms with van der Waals surface area (Å²) in [7, 11) is -3.02. The summed E-state index contributed by atoms with van der Waals surface area (Å²) < 4.78 is 34.6. The van der Waals surface area contributed by atoms with Crippen LogP contribution < -0.4 is 14.7 Å². The molecular formula is C39H52O8Si. The minimum atomic E-state index is -3.02. The summed E-state index contributed by atoms with van der Waals surface area (Å²) in [6.45, 7) is 13.6. The largest absolute Gasteiger partial charge is 0.537 e. The van der Waals surface area contributed by atoms with Crippen molar-refractivity contribution in [1.82, 2.24) is 0 Å². The Kier molecular flexibility index (Phi) is 17.1. The molecule has 0 N–H and O–H groups in total. The minimum Gasteiger partial charge on any atom is -0.494 e. The highest BCUT2D eigenvalue weighted by atomic mass is 28.4. The lowest BCUT2D eigenvalue weighted by molar-refractivity contribution is -0.139. The first-order valence-corrected chi connectivity index (χ1v) is 18.9. The monoisotopic (exact) mass is 676 g/mol. The Morgan fingerprint density at radius 1 is 0.604 bits per heavy atom. The van der Waals surface area contributed by atoms with Crippen LogP contribution in [0, 0.1) is 0 Å². The lowest BCUT2D eigenvalue weighted by Crippen LogP contribution is -2.56. The molecule has 0 aliphatic carbocycles. The third-order valence-corrected chi connectivity index (χ3v) is 10.7. The predicted octanol–water partition coefficient (Wildman–Crippen LogP) is 8.45. The van der Waals surface area contributed by atoms with Crippen LogP contribution in [0.15, 0.2) is 84.9 Å². The fourth-order valence-electron chi connectivity index (χ4n) is 5.12. The van der Waals surface area contributed by atoms with Gasteiger partial charge in [0.05, 0.1) is 18.8 Å². The van der Waals surface area contributed by atoms with E-state index in [1.54, 1.807) is 31.2 Å². The standard InChI is InChI=1S/C39H52O8Si/c1-6-44-48(45-7-2,46-8-3)37-27-25-36(26-28-37)47-39(41)34-19-17-32(18-20-34)33-21-23-35(24-22-33)42-29-15-13-11-9-10-12-14-16-30-43-38(40)31(4)5/h17-28H,4,6-16,29-30H2,1-3,5H3. The van der Waals surface area contributed by atoms with E-state index in [0.717, 1.165) is 54.2 Å². The van der Waals surface area contributed by atoms with Crippen molar-refractivity contribution in [3.05, 3.63) is 90.5 Å². The normalized spacial score (nSPS) is 11.2. The van der Waals surface area contributed by atoms with E-state index in [4.69, 9.17) is 27.5 Å². The number of hydrogen-bond acceptors (Lipinski definition) is 8. The Hall–Kier alpha value is -3.76. The van der Waals surface area contributed by atoms with Crippen molar-refractivity contribution in [3.63, 3.8) is 0 Å². The number of carbonyl (C=O) groups is 2. The summed E-state index contributed by atoms with van der Waals surface area (Å²) in [6.07, 6.45) is 8.94. The molecule has 0 bridgehead atoms. The molecular weight excluding hydrogens is 625 g/mol. The number of rotatable bonds is 23. The van der Waals surface area contributed by atoms with E-state index in [2.05, 4.69) is 6.58 Å². The highest BCUT2D eigenvalue weighted by Crippen LogP contribution is 2.24. The second-order valence-electron chi connectivity index (χ2n) is 11.5. The molecule has 0 saturated heterocycles. The van der Waals surface area contributed by atoms with Gasteiger partial charge in [0, 0.05) is 30.6 Å². The van der Waals surface area contributed by atoms with Crippen molar-refractivity contribution < 1.29 is 37.1 Å². The van der Waals surface area contributed by atoms with Crippen LogP contribution in [-0.4, -0.2) is 53.8 Å². The topological polar surface area (TPSA) is 89.5 Å². The SMILES string of the molecule is C=C(C)C(=O)OCCCCCCCCCCOc1ccc(-c2ccc(C(=O)Oc3ccc([Si](OCC)(OCC)OCC)cc3)cc2)cc1. The van der Waals surface area contributed by atoms with Gasteiger partial charge in [-0.2, -0.15) is 0 Å². The molecule has 3 aromatic rings. The van der Waals surface area contributed by atoms with Gasteiger partial charge >= 0.3 is 20.7 Å². The van der Waals surface area contributed by atoms with E-state index in [-0.39, 0.29) is 5.97 Å². The van der Waals surface area contributed by atoms with Gasteiger partial charge in [0.15, 0.2) is 0 Å². The van der Waals surface area contributed by atoms with Crippen LogP contribution in [0.1, 0.15) is 89.4 Å². The lowest BCUT2D eigenvalue weighted by Gasteiger charge is -2.28. The lowest BCUT2D eigenvalue weighted by atomic mass is 10.0. The van der Waals surface area contributed by atoms with E-state index in [9.17, 15) is 9.59 Å². The summed E-state index contributed by atoms with van der Waals surface area (Å²) in [5.74, 6) is 0.552. The van der Waals surface area contributed by atoms with Crippen molar-refractivity contribution in [3.8, 4) is 22.6 Å². The molecule has 0 spiro atoms. The highest BCUT2D eigenvalue weighted by molar-refractivity contribution is 6.75. The Balaban J connectivity index is 1.37. The molecule has 260 valence electrons. The van der Waals surface area contributed by atoms with Crippen LogP contribution in [0.3, 0.4) is 0 Å². The Bertz CT molecular complexity index is 1370. The van der Waals surface area contributed by atoms with Gasteiger partial charge in [-0.3, -0.25) is 0 Å². The molecule has 0 amide bonds. The number of esters is 2. The third-order valence-electron chi connectivity index (χ3n) is 7.62. The minimum absolute atomic E-state index is 0.299. The van der Waals surface area contributed by atoms with Gasteiger partial charge in [-0.1, -0.05) is 81.5 Å². The number of carbonyl (C=O) groups excluding carboxylic acids is 2. The fourth-order valence-corrected chi connectivity index (χ4v) is 7.59. The van der Waals surface area contributed by atoms with Crippen LogP contribution in [0.25, 0.3) is 11.1 Å². The number of hydrogen-bond donors (Lipinski definition) is 0. The first-order chi connectivity index (χ1) is 23.3. The number of benzene rings is 3. The summed E-state index contributed by atoms with van der Waals surface area (Å²) in [5.41, 5.74) is 2.95. The van der Waals surface area contributed by atoms with Crippen LogP contribution >= 0.6 is 0 Å². The summed E-state index contributed by atoms with van der Waals surface area (Å²) >= 11 is 0. The first kappa shape index (κ1) is 38.7. The van der Waals surface area contributed by atoms with E-state index < -0.39 is 14.8 Å². The predicted molar refractivity (Wildman–Crippen MR) is 192 cm³/mol. The Morgan fingerprint density at radius 2 is 1.06 bits per heavy atom. The van der Waals surface area contributed by atoms with Gasteiger partial charge in [0.2, 0.25) is 0 Å². The quantitative estimate of drug-likeness (QED) is 0.0325. The first-order valence-electron chi connectivity index (χ1n) is 17.2. The molecule has 0 aliphatic rings. The molecule has 8 nitrogen and oxygen atoms in total. The summed E-state index contributed by atoms with van der Waals surface area (Å²) in [6, 6.07) is 22.6. The highest BCUT2D eigenvalue weighted by Gasteiger charge is 2.43. The van der Waals surface area contributed by atoms with Gasteiger partial charge in [-0.25, -0.2) is 9.59 Å². The molecule has 0 fully saturated rings. The van der Waals surface area contributed by atoms with E-state index in [1.165, 1.54) is 19.3 Å². The molecule has 0 atom stereocenters. The molecule has 48 heavy (non-hydrogen) atoms. The number of ether oxygens (including phenoxy) is 3. The second-order valence-corrected chi connectivity index (χ2v) is 14.0. The fraction of sp³-hybridized carbons (Fsp3) is 0.436. The zero-order chi connectivity index (χ0) is 34.6. The van der Waals surface area contributed by atoms with Crippen LogP contribution in [0.4, 0.5) is 0 Å². The van der Waals surface area contributed by atoms with Crippen LogP contribution in [0.5, 0.6) is 11.5 Å². The molecule has 3 rings (SSSR count). The van der Waals surface area contributed by atoms with E-state index in [0.29, 0.717) is 49.9 Å². The molecule has 0 unspecified atom stereocenters. The molecule has 3 aromatic carbocycles. The summed E-state index contributed by atoms with van der Waals surface area (Å²) in [4.78, 5) is 24.2. The number of unbranched alkanes of at least 4 members (excludes halogenated alkanes) is 7. The zero-order valence-electron chi connectivity index (χ0n) is 29.1. The van der Waals surface area contributed by atoms with Crippen molar-refractivity contribution in [2.75, 3.05) is 33.0 Å². The molecule has 9 heteroatoms. The van der Waals surface area contributed by atoms with Gasteiger partial charge in [0.25, 0.3) is 0 Å². The average molecular weight is 677 g/mol. The Labute approximate surface area is 287 Å². The molecule has 0 aromatic heterocycles. The smallest absolute Gasteiger partial charge is 0.494 e. The van der Waals surface area contributed by atoms with Gasteiger partial charge in [0.1, 0.15) is 11.5 Å². The van der Waals surface area contributed by atoms with Crippen molar-refractivity contribution in [1.29, 1.82) is 0 Å². The summed E-state index contributed by atoms with van der Waals surface area (Å²) in [5, 5.41) is 0.824. The van der Waals surface area contributed by atoms with Crippen molar-refractivity contribution >= 4 is 25.9 Å². The Morgan fingerprint density at radius 3 is 1.56 bits per heavy atom. The van der Waals surface area contributed by atoms with Crippen LogP contribution in [-0.2, 0) is 22.8 Å². The van der Waals surface area contributed by atoms with Gasteiger partial charge < -0.3 is 27.5 Å². The third kappa shape index (κ3) is 12.7. The van der Waals surface area contributed by atoms with Gasteiger partial charge in [-0.05, 0) is 88.1 Å². The maximum atomic E-state index is 12.9. The molecule has 0 saturated carbocycles. The maximum absolute atomic E-state index is 12.9. The van der Waals surface area contributed by atoms with Gasteiger partial charge in [-0.15, -0.1) is 0 Å². The van der Waals surface area contributed by atoms with Crippen molar-refractivity contribution in [2.45, 2.75) is 79.1 Å². The maximum Gasteiger partial charge on any atom is 0.537 e. The molecule has 0 aliphatic heterocycles. The average Bonchev–Trinajstić information content (AvgIpc) is 3.09. The van der Waals surface area contributed by atoms with Crippen molar-refractivity contribution in [2.24, 2.45) is 0 Å². The second kappa shape index (κ2) is 21.3. The molecule has 0 heterocycles. The van der Waals surface area contributed by atoms with E-state index in [1.807, 2.05) is 69.3 Å². The zero-order valence-corrected chi connectivity index (χ0v) is 30.1.